The maximum atomic E-state index is 14.1. The quantitative estimate of drug-likeness (QED) is 0.787. The zero-order chi connectivity index (χ0) is 15.8. The van der Waals surface area contributed by atoms with E-state index in [-0.39, 0.29) is 23.0 Å². The molecule has 2 aromatic rings. The number of anilines is 2. The van der Waals surface area contributed by atoms with Crippen molar-refractivity contribution in [2.45, 2.75) is 6.18 Å². The molecule has 0 aliphatic heterocycles. The minimum absolute atomic E-state index is 0.336. The zero-order valence-electron chi connectivity index (χ0n) is 10.2. The third-order valence-electron chi connectivity index (χ3n) is 2.63. The normalized spacial score (nSPS) is 11.2. The fraction of sp³-hybridized carbons (Fsp3) is 0.0833. The van der Waals surface area contributed by atoms with E-state index in [1.165, 1.54) is 0 Å². The van der Waals surface area contributed by atoms with E-state index < -0.39 is 23.1 Å². The molecule has 1 aromatic heterocycles. The van der Waals surface area contributed by atoms with Gasteiger partial charge >= 0.3 is 6.18 Å². The van der Waals surface area contributed by atoms with Gasteiger partial charge in [-0.3, -0.25) is 0 Å². The predicted octanol–water partition coefficient (Wildman–Crippen LogP) is 2.34. The Kier molecular flexibility index (Phi) is 3.39. The van der Waals surface area contributed by atoms with Crippen LogP contribution in [-0.4, -0.2) is 9.97 Å². The maximum Gasteiger partial charge on any atom is 0.419 e. The molecule has 0 amide bonds. The Morgan fingerprint density at radius 3 is 2.38 bits per heavy atom. The van der Waals surface area contributed by atoms with Crippen molar-refractivity contribution in [2.24, 2.45) is 0 Å². The Hall–Kier alpha value is -2.89. The summed E-state index contributed by atoms with van der Waals surface area (Å²) in [5.41, 5.74) is 8.06. The van der Waals surface area contributed by atoms with Gasteiger partial charge in [0.25, 0.3) is 0 Å². The number of nitriles is 1. The molecule has 0 aliphatic carbocycles. The highest BCUT2D eigenvalue weighted by molar-refractivity contribution is 5.74. The third kappa shape index (κ3) is 2.55. The van der Waals surface area contributed by atoms with Gasteiger partial charge in [0.15, 0.2) is 0 Å². The largest absolute Gasteiger partial charge is 0.419 e. The molecular weight excluding hydrogens is 290 g/mol. The first-order chi connectivity index (χ1) is 9.75. The predicted molar refractivity (Wildman–Crippen MR) is 66.0 cm³/mol. The number of nitrogen functional groups attached to an aromatic ring is 2. The molecule has 0 bridgehead atoms. The van der Waals surface area contributed by atoms with Crippen molar-refractivity contribution in [1.82, 2.24) is 9.97 Å². The second-order valence-electron chi connectivity index (χ2n) is 3.97. The first-order valence-corrected chi connectivity index (χ1v) is 5.45. The van der Waals surface area contributed by atoms with Crippen molar-refractivity contribution < 1.29 is 17.6 Å². The third-order valence-corrected chi connectivity index (χ3v) is 2.63. The van der Waals surface area contributed by atoms with E-state index in [2.05, 4.69) is 9.97 Å². The van der Waals surface area contributed by atoms with Crippen molar-refractivity contribution in [3.8, 4) is 17.3 Å². The number of halogens is 4. The van der Waals surface area contributed by atoms with E-state index in [4.69, 9.17) is 16.7 Å². The molecule has 0 fully saturated rings. The summed E-state index contributed by atoms with van der Waals surface area (Å²) in [6, 6.07) is 4.25. The Morgan fingerprint density at radius 1 is 1.14 bits per heavy atom. The Morgan fingerprint density at radius 2 is 1.81 bits per heavy atom. The van der Waals surface area contributed by atoms with Gasteiger partial charge in [-0.1, -0.05) is 6.07 Å². The highest BCUT2D eigenvalue weighted by Crippen LogP contribution is 2.36. The minimum atomic E-state index is -4.88. The summed E-state index contributed by atoms with van der Waals surface area (Å²) in [5.74, 6) is -2.27. The van der Waals surface area contributed by atoms with E-state index in [9.17, 15) is 17.6 Å². The maximum absolute atomic E-state index is 14.1. The molecule has 0 radical (unpaired) electrons. The average molecular weight is 297 g/mol. The summed E-state index contributed by atoms with van der Waals surface area (Å²) in [6.45, 7) is 0. The molecule has 108 valence electrons. The molecule has 1 aromatic carbocycles. The van der Waals surface area contributed by atoms with Gasteiger partial charge in [-0.15, -0.1) is 0 Å². The van der Waals surface area contributed by atoms with Gasteiger partial charge in [-0.05, 0) is 12.1 Å². The number of hydrogen-bond donors (Lipinski definition) is 2. The van der Waals surface area contributed by atoms with Crippen LogP contribution in [0.1, 0.15) is 11.1 Å². The van der Waals surface area contributed by atoms with E-state index in [1.807, 2.05) is 0 Å². The van der Waals surface area contributed by atoms with Crippen LogP contribution in [0.2, 0.25) is 0 Å². The molecule has 0 saturated heterocycles. The van der Waals surface area contributed by atoms with Crippen LogP contribution in [0, 0.1) is 17.1 Å². The SMILES string of the molecule is N#Cc1c(N)nc(N)nc1-c1cccc(C(F)(F)F)c1F. The lowest BCUT2D eigenvalue weighted by Crippen LogP contribution is -2.10. The van der Waals surface area contributed by atoms with E-state index in [0.29, 0.717) is 6.07 Å². The number of rotatable bonds is 1. The van der Waals surface area contributed by atoms with Crippen molar-refractivity contribution in [1.29, 1.82) is 5.26 Å². The summed E-state index contributed by atoms with van der Waals surface area (Å²) < 4.78 is 52.2. The average Bonchev–Trinajstić information content (AvgIpc) is 2.36. The molecule has 1 heterocycles. The van der Waals surface area contributed by atoms with Crippen LogP contribution in [0.3, 0.4) is 0 Å². The van der Waals surface area contributed by atoms with Crippen molar-refractivity contribution in [2.75, 3.05) is 11.5 Å². The summed E-state index contributed by atoms with van der Waals surface area (Å²) in [6.07, 6.45) is -4.88. The van der Waals surface area contributed by atoms with Crippen LogP contribution in [0.25, 0.3) is 11.3 Å². The number of hydrogen-bond acceptors (Lipinski definition) is 5. The molecule has 21 heavy (non-hydrogen) atoms. The van der Waals surface area contributed by atoms with Crippen LogP contribution in [-0.2, 0) is 6.18 Å². The van der Waals surface area contributed by atoms with Crippen LogP contribution in [0.15, 0.2) is 18.2 Å². The Bertz CT molecular complexity index is 749. The zero-order valence-corrected chi connectivity index (χ0v) is 10.2. The molecule has 5 nitrogen and oxygen atoms in total. The molecule has 2 rings (SSSR count). The fourth-order valence-electron chi connectivity index (χ4n) is 1.73. The van der Waals surface area contributed by atoms with Gasteiger partial charge in [-0.25, -0.2) is 9.37 Å². The smallest absolute Gasteiger partial charge is 0.382 e. The summed E-state index contributed by atoms with van der Waals surface area (Å²) >= 11 is 0. The molecule has 0 saturated carbocycles. The molecule has 4 N–H and O–H groups in total. The first kappa shape index (κ1) is 14.5. The minimum Gasteiger partial charge on any atom is -0.382 e. The van der Waals surface area contributed by atoms with Gasteiger partial charge in [0.05, 0.1) is 11.3 Å². The highest BCUT2D eigenvalue weighted by Gasteiger charge is 2.35. The second-order valence-corrected chi connectivity index (χ2v) is 3.97. The standard InChI is InChI=1S/C12H7F4N5/c13-8-5(2-1-3-7(8)12(14,15)16)9-6(4-17)10(18)21-11(19)20-9/h1-3H,(H4,18,19,20,21). The topological polar surface area (TPSA) is 102 Å². The fourth-order valence-corrected chi connectivity index (χ4v) is 1.73. The van der Waals surface area contributed by atoms with Gasteiger partial charge in [-0.2, -0.15) is 23.4 Å². The van der Waals surface area contributed by atoms with Crippen molar-refractivity contribution in [3.05, 3.63) is 35.1 Å². The lowest BCUT2D eigenvalue weighted by molar-refractivity contribution is -0.139. The van der Waals surface area contributed by atoms with Gasteiger partial charge in [0, 0.05) is 5.56 Å². The van der Waals surface area contributed by atoms with E-state index >= 15 is 0 Å². The number of nitrogens with two attached hydrogens (primary N) is 2. The first-order valence-electron chi connectivity index (χ1n) is 5.45. The van der Waals surface area contributed by atoms with Gasteiger partial charge in [0.2, 0.25) is 5.95 Å². The Labute approximate surface area is 115 Å². The number of aromatic nitrogens is 2. The lowest BCUT2D eigenvalue weighted by Gasteiger charge is -2.12. The molecule has 0 spiro atoms. The Balaban J connectivity index is 2.78. The lowest BCUT2D eigenvalue weighted by atomic mass is 10.0. The number of alkyl halides is 3. The molecular formula is C12H7F4N5. The monoisotopic (exact) mass is 297 g/mol. The molecule has 0 aliphatic rings. The summed E-state index contributed by atoms with van der Waals surface area (Å²) in [4.78, 5) is 7.12. The van der Waals surface area contributed by atoms with Crippen LogP contribution in [0.5, 0.6) is 0 Å². The van der Waals surface area contributed by atoms with Gasteiger partial charge in [0.1, 0.15) is 23.3 Å². The van der Waals surface area contributed by atoms with Crippen LogP contribution >= 0.6 is 0 Å². The van der Waals surface area contributed by atoms with E-state index in [1.54, 1.807) is 6.07 Å². The summed E-state index contributed by atoms with van der Waals surface area (Å²) in [5, 5.41) is 8.98. The van der Waals surface area contributed by atoms with Crippen molar-refractivity contribution >= 4 is 11.8 Å². The van der Waals surface area contributed by atoms with Crippen molar-refractivity contribution in [3.63, 3.8) is 0 Å². The van der Waals surface area contributed by atoms with Crippen LogP contribution < -0.4 is 11.5 Å². The summed E-state index contributed by atoms with van der Waals surface area (Å²) in [7, 11) is 0. The molecule has 9 heteroatoms. The number of benzene rings is 1. The van der Waals surface area contributed by atoms with E-state index in [0.717, 1.165) is 12.1 Å². The van der Waals surface area contributed by atoms with Gasteiger partial charge < -0.3 is 11.5 Å². The number of nitrogens with zero attached hydrogens (tertiary/aromatic N) is 3. The van der Waals surface area contributed by atoms with Crippen LogP contribution in [0.4, 0.5) is 29.3 Å². The highest BCUT2D eigenvalue weighted by atomic mass is 19.4. The second kappa shape index (κ2) is 4.90. The molecule has 0 atom stereocenters. The molecule has 0 unspecified atom stereocenters.